The van der Waals surface area contributed by atoms with E-state index >= 15 is 0 Å². The molecule has 0 saturated heterocycles. The van der Waals surface area contributed by atoms with E-state index in [1.165, 1.54) is 19.3 Å². The van der Waals surface area contributed by atoms with Gasteiger partial charge in [-0.25, -0.2) is 9.97 Å². The molecule has 0 aliphatic heterocycles. The lowest BCUT2D eigenvalue weighted by molar-refractivity contribution is 0.0751. The third-order valence-corrected chi connectivity index (χ3v) is 5.52. The minimum atomic E-state index is -0.0401. The van der Waals surface area contributed by atoms with Crippen LogP contribution in [0.25, 0.3) is 0 Å². The van der Waals surface area contributed by atoms with Gasteiger partial charge in [-0.15, -0.1) is 12.4 Å². The van der Waals surface area contributed by atoms with Crippen LogP contribution in [0.1, 0.15) is 67.2 Å². The van der Waals surface area contributed by atoms with Crippen LogP contribution in [0.2, 0.25) is 0 Å². The number of nitrogens with zero attached hydrogens (tertiary/aromatic N) is 2. The largest absolute Gasteiger partial charge is 0.347 e. The summed E-state index contributed by atoms with van der Waals surface area (Å²) in [4.78, 5) is 21.3. The highest BCUT2D eigenvalue weighted by atomic mass is 35.5. The molecule has 1 aromatic rings. The second-order valence-electron chi connectivity index (χ2n) is 7.26. The lowest BCUT2D eigenvalue weighted by atomic mass is 9.67. The van der Waals surface area contributed by atoms with Crippen molar-refractivity contribution in [3.63, 3.8) is 0 Å². The fourth-order valence-electron chi connectivity index (χ4n) is 4.29. The number of amides is 1. The first-order valence-electron chi connectivity index (χ1n) is 8.60. The number of nitrogens with two attached hydrogens (primary N) is 1. The van der Waals surface area contributed by atoms with Crippen LogP contribution in [0.15, 0.2) is 12.3 Å². The van der Waals surface area contributed by atoms with Crippen molar-refractivity contribution >= 4 is 18.3 Å². The van der Waals surface area contributed by atoms with E-state index in [1.54, 1.807) is 12.3 Å². The van der Waals surface area contributed by atoms with Gasteiger partial charge in [-0.3, -0.25) is 4.79 Å². The number of hydrogen-bond acceptors (Lipinski definition) is 4. The SMILES string of the molecule is Cl.NC1CC2CCCC(C1)C2NC(=O)c1ccnc(C2CC2)n1. The summed E-state index contributed by atoms with van der Waals surface area (Å²) >= 11 is 0. The Balaban J connectivity index is 0.00000156. The van der Waals surface area contributed by atoms with Gasteiger partial charge in [-0.1, -0.05) is 6.42 Å². The van der Waals surface area contributed by atoms with Gasteiger partial charge in [0.2, 0.25) is 0 Å². The predicted molar refractivity (Wildman–Crippen MR) is 90.5 cm³/mol. The zero-order chi connectivity index (χ0) is 15.1. The normalized spacial score (nSPS) is 32.7. The Hall–Kier alpha value is -1.20. The molecule has 2 atom stereocenters. The van der Waals surface area contributed by atoms with Gasteiger partial charge < -0.3 is 11.1 Å². The molecule has 23 heavy (non-hydrogen) atoms. The molecule has 0 spiro atoms. The van der Waals surface area contributed by atoms with Crippen LogP contribution >= 0.6 is 12.4 Å². The highest BCUT2D eigenvalue weighted by Crippen LogP contribution is 2.40. The molecule has 3 aliphatic rings. The zero-order valence-corrected chi connectivity index (χ0v) is 14.1. The smallest absolute Gasteiger partial charge is 0.270 e. The third kappa shape index (κ3) is 3.50. The zero-order valence-electron chi connectivity index (χ0n) is 13.3. The van der Waals surface area contributed by atoms with Crippen LogP contribution in [-0.4, -0.2) is 28.0 Å². The molecular weight excluding hydrogens is 312 g/mol. The molecule has 0 radical (unpaired) electrons. The van der Waals surface area contributed by atoms with Crippen molar-refractivity contribution in [1.29, 1.82) is 0 Å². The standard InChI is InChI=1S/C17H24N4O.ClH/c18-13-8-11-2-1-3-12(9-13)15(11)21-17(22)14-6-7-19-16(20-14)10-4-5-10;/h6-7,10-13,15H,1-5,8-9,18H2,(H,21,22);1H. The topological polar surface area (TPSA) is 80.9 Å². The Morgan fingerprint density at radius 3 is 2.52 bits per heavy atom. The Bertz CT molecular complexity index is 563. The van der Waals surface area contributed by atoms with Crippen molar-refractivity contribution in [1.82, 2.24) is 15.3 Å². The molecule has 0 aromatic carbocycles. The van der Waals surface area contributed by atoms with E-state index < -0.39 is 0 Å². The van der Waals surface area contributed by atoms with Crippen LogP contribution < -0.4 is 11.1 Å². The summed E-state index contributed by atoms with van der Waals surface area (Å²) in [5.41, 5.74) is 6.67. The third-order valence-electron chi connectivity index (χ3n) is 5.52. The number of carbonyl (C=O) groups is 1. The van der Waals surface area contributed by atoms with Gasteiger partial charge in [-0.2, -0.15) is 0 Å². The van der Waals surface area contributed by atoms with Crippen molar-refractivity contribution in [2.24, 2.45) is 17.6 Å². The van der Waals surface area contributed by atoms with Gasteiger partial charge in [0.15, 0.2) is 0 Å². The number of aromatic nitrogens is 2. The number of rotatable bonds is 3. The van der Waals surface area contributed by atoms with Gasteiger partial charge in [-0.05, 0) is 56.4 Å². The van der Waals surface area contributed by atoms with E-state index in [0.29, 0.717) is 29.5 Å². The molecular formula is C17H25ClN4O. The minimum Gasteiger partial charge on any atom is -0.347 e. The first-order chi connectivity index (χ1) is 10.7. The fourth-order valence-corrected chi connectivity index (χ4v) is 4.29. The van der Waals surface area contributed by atoms with Gasteiger partial charge in [0.05, 0.1) is 0 Å². The summed E-state index contributed by atoms with van der Waals surface area (Å²) in [5, 5.41) is 3.26. The molecule has 3 N–H and O–H groups in total. The Kier molecular flexibility index (Phi) is 4.87. The van der Waals surface area contributed by atoms with Crippen molar-refractivity contribution in [2.45, 2.75) is 62.9 Å². The molecule has 1 amide bonds. The van der Waals surface area contributed by atoms with Crippen LogP contribution in [0.3, 0.4) is 0 Å². The predicted octanol–water partition coefficient (Wildman–Crippen LogP) is 2.41. The monoisotopic (exact) mass is 336 g/mol. The van der Waals surface area contributed by atoms with E-state index in [1.807, 2.05) is 0 Å². The lowest BCUT2D eigenvalue weighted by Gasteiger charge is -2.45. The molecule has 2 bridgehead atoms. The number of hydrogen-bond donors (Lipinski definition) is 2. The Labute approximate surface area is 143 Å². The van der Waals surface area contributed by atoms with Gasteiger partial charge in [0, 0.05) is 24.2 Å². The summed E-state index contributed by atoms with van der Waals surface area (Å²) in [6.45, 7) is 0. The Morgan fingerprint density at radius 2 is 1.87 bits per heavy atom. The molecule has 1 aromatic heterocycles. The second kappa shape index (κ2) is 6.73. The summed E-state index contributed by atoms with van der Waals surface area (Å²) in [5.74, 6) is 2.34. The fraction of sp³-hybridized carbons (Fsp3) is 0.706. The van der Waals surface area contributed by atoms with Crippen LogP contribution in [-0.2, 0) is 0 Å². The molecule has 126 valence electrons. The van der Waals surface area contributed by atoms with E-state index in [2.05, 4.69) is 15.3 Å². The van der Waals surface area contributed by atoms with Crippen LogP contribution in [0.5, 0.6) is 0 Å². The second-order valence-corrected chi connectivity index (χ2v) is 7.26. The maximum atomic E-state index is 12.6. The maximum absolute atomic E-state index is 12.6. The first kappa shape index (κ1) is 16.7. The van der Waals surface area contributed by atoms with E-state index in [-0.39, 0.29) is 24.4 Å². The van der Waals surface area contributed by atoms with Gasteiger partial charge >= 0.3 is 0 Å². The minimum absolute atomic E-state index is 0. The van der Waals surface area contributed by atoms with Crippen LogP contribution in [0.4, 0.5) is 0 Å². The average Bonchev–Trinajstić information content (AvgIpc) is 3.33. The molecule has 4 rings (SSSR count). The average molecular weight is 337 g/mol. The first-order valence-corrected chi connectivity index (χ1v) is 8.60. The van der Waals surface area contributed by atoms with Crippen molar-refractivity contribution in [3.05, 3.63) is 23.8 Å². The molecule has 6 heteroatoms. The van der Waals surface area contributed by atoms with E-state index in [0.717, 1.165) is 31.5 Å². The number of fused-ring (bicyclic) bond motifs is 2. The molecule has 3 saturated carbocycles. The molecule has 3 fully saturated rings. The summed E-state index contributed by atoms with van der Waals surface area (Å²) < 4.78 is 0. The highest BCUT2D eigenvalue weighted by molar-refractivity contribution is 5.92. The molecule has 1 heterocycles. The summed E-state index contributed by atoms with van der Waals surface area (Å²) in [6.07, 6.45) is 9.74. The number of nitrogens with one attached hydrogen (secondary N) is 1. The molecule has 3 aliphatic carbocycles. The van der Waals surface area contributed by atoms with E-state index in [4.69, 9.17) is 5.73 Å². The highest BCUT2D eigenvalue weighted by Gasteiger charge is 2.40. The van der Waals surface area contributed by atoms with Crippen molar-refractivity contribution in [3.8, 4) is 0 Å². The number of halogens is 1. The molecule has 5 nitrogen and oxygen atoms in total. The lowest BCUT2D eigenvalue weighted by Crippen LogP contribution is -2.53. The summed E-state index contributed by atoms with van der Waals surface area (Å²) in [6, 6.07) is 2.32. The van der Waals surface area contributed by atoms with Crippen molar-refractivity contribution in [2.75, 3.05) is 0 Å². The van der Waals surface area contributed by atoms with Gasteiger partial charge in [0.1, 0.15) is 11.5 Å². The van der Waals surface area contributed by atoms with Gasteiger partial charge in [0.25, 0.3) is 5.91 Å². The molecule has 2 unspecified atom stereocenters. The Morgan fingerprint density at radius 1 is 1.17 bits per heavy atom. The quantitative estimate of drug-likeness (QED) is 0.888. The maximum Gasteiger partial charge on any atom is 0.270 e. The van der Waals surface area contributed by atoms with Crippen molar-refractivity contribution < 1.29 is 4.79 Å². The number of carbonyl (C=O) groups excluding carboxylic acids is 1. The van der Waals surface area contributed by atoms with E-state index in [9.17, 15) is 4.79 Å². The summed E-state index contributed by atoms with van der Waals surface area (Å²) in [7, 11) is 0. The van der Waals surface area contributed by atoms with Crippen LogP contribution in [0, 0.1) is 11.8 Å².